The second-order valence-corrected chi connectivity index (χ2v) is 5.57. The maximum Gasteiger partial charge on any atom is 0.101 e. The molecular weight excluding hydrogens is 248 g/mol. The fourth-order valence-electron chi connectivity index (χ4n) is 1.34. The number of hydrogen-bond donors (Lipinski definition) is 2. The SMILES string of the molecule is COCCNCc1cccnc1SC(C)C(C)O. The number of aliphatic hydroxyl groups is 1. The third-order valence-corrected chi connectivity index (χ3v) is 3.98. The molecule has 0 aliphatic rings. The molecule has 0 aliphatic heterocycles. The highest BCUT2D eigenvalue weighted by Crippen LogP contribution is 2.26. The van der Waals surface area contributed by atoms with Crippen LogP contribution >= 0.6 is 11.8 Å². The summed E-state index contributed by atoms with van der Waals surface area (Å²) in [5.74, 6) is 0. The predicted molar refractivity (Wildman–Crippen MR) is 74.8 cm³/mol. The summed E-state index contributed by atoms with van der Waals surface area (Å²) >= 11 is 1.61. The zero-order chi connectivity index (χ0) is 13.4. The number of hydrogen-bond acceptors (Lipinski definition) is 5. The van der Waals surface area contributed by atoms with E-state index in [4.69, 9.17) is 4.74 Å². The number of aromatic nitrogens is 1. The Morgan fingerprint density at radius 1 is 1.50 bits per heavy atom. The monoisotopic (exact) mass is 270 g/mol. The van der Waals surface area contributed by atoms with Crippen molar-refractivity contribution in [2.24, 2.45) is 0 Å². The average Bonchev–Trinajstić information content (AvgIpc) is 2.36. The van der Waals surface area contributed by atoms with Gasteiger partial charge in [-0.2, -0.15) is 0 Å². The van der Waals surface area contributed by atoms with Crippen LogP contribution in [0, 0.1) is 0 Å². The fourth-order valence-corrected chi connectivity index (χ4v) is 2.30. The van der Waals surface area contributed by atoms with E-state index >= 15 is 0 Å². The van der Waals surface area contributed by atoms with Gasteiger partial charge in [0, 0.05) is 31.6 Å². The van der Waals surface area contributed by atoms with Gasteiger partial charge >= 0.3 is 0 Å². The van der Waals surface area contributed by atoms with E-state index in [-0.39, 0.29) is 11.4 Å². The smallest absolute Gasteiger partial charge is 0.101 e. The highest BCUT2D eigenvalue weighted by molar-refractivity contribution is 7.99. The first-order valence-electron chi connectivity index (χ1n) is 6.13. The Hall–Kier alpha value is -0.620. The first kappa shape index (κ1) is 15.4. The van der Waals surface area contributed by atoms with Crippen LogP contribution < -0.4 is 5.32 Å². The van der Waals surface area contributed by atoms with E-state index in [0.29, 0.717) is 6.61 Å². The Morgan fingerprint density at radius 3 is 2.94 bits per heavy atom. The minimum Gasteiger partial charge on any atom is -0.392 e. The van der Waals surface area contributed by atoms with Crippen LogP contribution in [0.1, 0.15) is 19.4 Å². The van der Waals surface area contributed by atoms with Crippen LogP contribution in [0.25, 0.3) is 0 Å². The van der Waals surface area contributed by atoms with E-state index in [9.17, 15) is 5.11 Å². The van der Waals surface area contributed by atoms with Gasteiger partial charge in [-0.25, -0.2) is 4.98 Å². The summed E-state index contributed by atoms with van der Waals surface area (Å²) in [5, 5.41) is 14.0. The molecule has 0 aliphatic carbocycles. The first-order valence-corrected chi connectivity index (χ1v) is 7.01. The summed E-state index contributed by atoms with van der Waals surface area (Å²) in [4.78, 5) is 4.38. The molecule has 2 atom stereocenters. The molecule has 0 spiro atoms. The molecule has 0 bridgehead atoms. The number of aliphatic hydroxyl groups excluding tert-OH is 1. The summed E-state index contributed by atoms with van der Waals surface area (Å²) in [6, 6.07) is 3.99. The Balaban J connectivity index is 2.56. The molecule has 102 valence electrons. The second-order valence-electron chi connectivity index (χ2n) is 4.20. The fraction of sp³-hybridized carbons (Fsp3) is 0.615. The Kier molecular flexibility index (Phi) is 7.27. The molecule has 1 aromatic rings. The number of nitrogens with one attached hydrogen (secondary N) is 1. The summed E-state index contributed by atoms with van der Waals surface area (Å²) in [7, 11) is 1.69. The molecule has 18 heavy (non-hydrogen) atoms. The molecule has 0 saturated heterocycles. The van der Waals surface area contributed by atoms with Gasteiger partial charge in [-0.1, -0.05) is 13.0 Å². The zero-order valence-corrected chi connectivity index (χ0v) is 12.0. The number of ether oxygens (including phenoxy) is 1. The number of pyridine rings is 1. The van der Waals surface area contributed by atoms with Crippen LogP contribution in [0.2, 0.25) is 0 Å². The van der Waals surface area contributed by atoms with Crippen molar-refractivity contribution >= 4 is 11.8 Å². The lowest BCUT2D eigenvalue weighted by Gasteiger charge is -2.15. The van der Waals surface area contributed by atoms with Gasteiger partial charge < -0.3 is 15.2 Å². The van der Waals surface area contributed by atoms with Gasteiger partial charge in [0.05, 0.1) is 12.7 Å². The van der Waals surface area contributed by atoms with E-state index in [1.807, 2.05) is 13.0 Å². The zero-order valence-electron chi connectivity index (χ0n) is 11.2. The molecule has 0 amide bonds. The van der Waals surface area contributed by atoms with Crippen LogP contribution in [0.4, 0.5) is 0 Å². The molecule has 5 heteroatoms. The number of rotatable bonds is 8. The molecule has 1 aromatic heterocycles. The van der Waals surface area contributed by atoms with Gasteiger partial charge in [-0.3, -0.25) is 0 Å². The van der Waals surface area contributed by atoms with Crippen molar-refractivity contribution in [3.63, 3.8) is 0 Å². The maximum absolute atomic E-state index is 9.54. The van der Waals surface area contributed by atoms with E-state index in [1.54, 1.807) is 32.0 Å². The number of thioether (sulfide) groups is 1. The third-order valence-electron chi connectivity index (χ3n) is 2.63. The lowest BCUT2D eigenvalue weighted by atomic mass is 10.3. The van der Waals surface area contributed by atoms with Gasteiger partial charge in [0.1, 0.15) is 5.03 Å². The quantitative estimate of drug-likeness (QED) is 0.556. The molecule has 2 unspecified atom stereocenters. The van der Waals surface area contributed by atoms with Crippen molar-refractivity contribution in [3.05, 3.63) is 23.9 Å². The van der Waals surface area contributed by atoms with E-state index in [0.717, 1.165) is 23.7 Å². The van der Waals surface area contributed by atoms with Crippen molar-refractivity contribution in [1.82, 2.24) is 10.3 Å². The molecule has 0 radical (unpaired) electrons. The van der Waals surface area contributed by atoms with Crippen molar-refractivity contribution < 1.29 is 9.84 Å². The molecule has 0 fully saturated rings. The highest BCUT2D eigenvalue weighted by atomic mass is 32.2. The maximum atomic E-state index is 9.54. The molecule has 0 saturated carbocycles. The van der Waals surface area contributed by atoms with Crippen molar-refractivity contribution in [2.75, 3.05) is 20.3 Å². The minimum atomic E-state index is -0.341. The van der Waals surface area contributed by atoms with Gasteiger partial charge in [-0.05, 0) is 18.6 Å². The van der Waals surface area contributed by atoms with Gasteiger partial charge in [0.15, 0.2) is 0 Å². The lowest BCUT2D eigenvalue weighted by molar-refractivity contribution is 0.196. The molecule has 2 N–H and O–H groups in total. The summed E-state index contributed by atoms with van der Waals surface area (Å²) in [6.07, 6.45) is 1.45. The third kappa shape index (κ3) is 5.35. The number of nitrogens with zero attached hydrogens (tertiary/aromatic N) is 1. The second kappa shape index (κ2) is 8.48. The number of methoxy groups -OCH3 is 1. The van der Waals surface area contributed by atoms with E-state index in [2.05, 4.69) is 16.4 Å². The summed E-state index contributed by atoms with van der Waals surface area (Å²) in [5.41, 5.74) is 1.16. The van der Waals surface area contributed by atoms with Crippen molar-refractivity contribution in [3.8, 4) is 0 Å². The predicted octanol–water partition coefficient (Wildman–Crippen LogP) is 1.68. The Labute approximate surface area is 113 Å². The average molecular weight is 270 g/mol. The van der Waals surface area contributed by atoms with Gasteiger partial charge in [-0.15, -0.1) is 11.8 Å². The highest BCUT2D eigenvalue weighted by Gasteiger charge is 2.13. The van der Waals surface area contributed by atoms with Crippen molar-refractivity contribution in [1.29, 1.82) is 0 Å². The minimum absolute atomic E-state index is 0.137. The lowest BCUT2D eigenvalue weighted by Crippen LogP contribution is -2.20. The van der Waals surface area contributed by atoms with Gasteiger partial charge in [0.2, 0.25) is 0 Å². The van der Waals surface area contributed by atoms with E-state index in [1.165, 1.54) is 0 Å². The van der Waals surface area contributed by atoms with Crippen LogP contribution in [0.3, 0.4) is 0 Å². The Bertz CT molecular complexity index is 348. The summed E-state index contributed by atoms with van der Waals surface area (Å²) in [6.45, 7) is 6.10. The van der Waals surface area contributed by atoms with E-state index < -0.39 is 0 Å². The first-order chi connectivity index (χ1) is 8.65. The largest absolute Gasteiger partial charge is 0.392 e. The van der Waals surface area contributed by atoms with Crippen LogP contribution in [0.5, 0.6) is 0 Å². The topological polar surface area (TPSA) is 54.4 Å². The molecule has 0 aromatic carbocycles. The molecular formula is C13H22N2O2S. The Morgan fingerprint density at radius 2 is 2.28 bits per heavy atom. The van der Waals surface area contributed by atoms with Gasteiger partial charge in [0.25, 0.3) is 0 Å². The molecule has 1 rings (SSSR count). The van der Waals surface area contributed by atoms with Crippen LogP contribution in [0.15, 0.2) is 23.4 Å². The normalized spacial score (nSPS) is 14.4. The molecule has 4 nitrogen and oxygen atoms in total. The van der Waals surface area contributed by atoms with Crippen LogP contribution in [-0.2, 0) is 11.3 Å². The standard InChI is InChI=1S/C13H22N2O2S/c1-10(16)11(2)18-13-12(5-4-6-15-13)9-14-7-8-17-3/h4-6,10-11,14,16H,7-9H2,1-3H3. The van der Waals surface area contributed by atoms with Crippen LogP contribution in [-0.4, -0.2) is 41.7 Å². The molecule has 1 heterocycles. The van der Waals surface area contributed by atoms with Crippen molar-refractivity contribution in [2.45, 2.75) is 36.8 Å². The summed E-state index contributed by atoms with van der Waals surface area (Å²) < 4.78 is 4.99.